The fourth-order valence-electron chi connectivity index (χ4n) is 3.22. The summed E-state index contributed by atoms with van der Waals surface area (Å²) in [5.41, 5.74) is 7.61. The fourth-order valence-corrected chi connectivity index (χ4v) is 3.22. The molecule has 0 saturated carbocycles. The quantitative estimate of drug-likeness (QED) is 0.427. The first-order chi connectivity index (χ1) is 15.4. The summed E-state index contributed by atoms with van der Waals surface area (Å²) in [7, 11) is 0. The van der Waals surface area contributed by atoms with Crippen molar-refractivity contribution in [2.24, 2.45) is 0 Å². The summed E-state index contributed by atoms with van der Waals surface area (Å²) in [6, 6.07) is 13.1. The lowest BCUT2D eigenvalue weighted by atomic mass is 10.2. The van der Waals surface area contributed by atoms with Crippen LogP contribution in [0.4, 0.5) is 19.0 Å². The molecule has 5 rings (SSSR count). The van der Waals surface area contributed by atoms with E-state index >= 15 is 0 Å². The molecule has 0 aliphatic heterocycles. The Labute approximate surface area is 177 Å². The summed E-state index contributed by atoms with van der Waals surface area (Å²) in [5, 5.41) is 15.3. The number of H-pyrrole nitrogens is 1. The second-order valence-electron chi connectivity index (χ2n) is 6.82. The number of nitrogens with one attached hydrogen (secondary N) is 1. The number of halogens is 3. The highest BCUT2D eigenvalue weighted by molar-refractivity contribution is 5.79. The van der Waals surface area contributed by atoms with Crippen molar-refractivity contribution in [2.75, 3.05) is 5.73 Å². The highest BCUT2D eigenvalue weighted by Crippen LogP contribution is 2.31. The Morgan fingerprint density at radius 2 is 1.91 bits per heavy atom. The largest absolute Gasteiger partial charge is 0.573 e. The van der Waals surface area contributed by atoms with Crippen LogP contribution in [0.25, 0.3) is 27.8 Å². The summed E-state index contributed by atoms with van der Waals surface area (Å²) in [5.74, 6) is -0.0407. The van der Waals surface area contributed by atoms with Crippen molar-refractivity contribution in [1.82, 2.24) is 30.2 Å². The number of anilines is 1. The zero-order valence-corrected chi connectivity index (χ0v) is 16.2. The molecule has 2 aromatic carbocycles. The summed E-state index contributed by atoms with van der Waals surface area (Å²) in [6.07, 6.45) is -3.16. The standard InChI is InChI=1S/C20H14F3N7O2/c21-20(22,23)32-15-7-13(30-9-11-3-1-2-4-14(11)28-30)6-5-12(15)10-31-16-8-17(24)25-19-18(16)26-29-27-19/h1-9H,10H2,(H3,24,25,26,27,29). The number of hydrogen-bond acceptors (Lipinski definition) is 7. The van der Waals surface area contributed by atoms with Crippen LogP contribution < -0.4 is 15.2 Å². The number of hydrogen-bond donors (Lipinski definition) is 2. The third-order valence-corrected chi connectivity index (χ3v) is 4.62. The SMILES string of the molecule is Nc1cc(OCc2ccc(-n3cc4ccccc4n3)cc2OC(F)(F)F)c2nn[nH]c2n1. The van der Waals surface area contributed by atoms with Crippen LogP contribution in [0.15, 0.2) is 54.7 Å². The van der Waals surface area contributed by atoms with E-state index < -0.39 is 12.1 Å². The van der Waals surface area contributed by atoms with Crippen molar-refractivity contribution in [1.29, 1.82) is 0 Å². The molecule has 0 unspecified atom stereocenters. The van der Waals surface area contributed by atoms with E-state index in [1.165, 1.54) is 22.9 Å². The van der Waals surface area contributed by atoms with Crippen molar-refractivity contribution >= 4 is 27.9 Å². The second-order valence-corrected chi connectivity index (χ2v) is 6.82. The Morgan fingerprint density at radius 1 is 1.06 bits per heavy atom. The van der Waals surface area contributed by atoms with Gasteiger partial charge in [0.15, 0.2) is 16.9 Å². The van der Waals surface area contributed by atoms with E-state index in [2.05, 4.69) is 30.2 Å². The van der Waals surface area contributed by atoms with E-state index in [9.17, 15) is 13.2 Å². The molecule has 12 heteroatoms. The van der Waals surface area contributed by atoms with Crippen LogP contribution in [-0.4, -0.2) is 36.5 Å². The van der Waals surface area contributed by atoms with Crippen LogP contribution in [-0.2, 0) is 6.61 Å². The number of ether oxygens (including phenoxy) is 2. The van der Waals surface area contributed by atoms with E-state index in [-0.39, 0.29) is 23.7 Å². The van der Waals surface area contributed by atoms with Crippen LogP contribution in [0, 0.1) is 0 Å². The van der Waals surface area contributed by atoms with Gasteiger partial charge in [-0.05, 0) is 18.2 Å². The van der Waals surface area contributed by atoms with Crippen molar-refractivity contribution in [3.8, 4) is 17.2 Å². The normalized spacial score (nSPS) is 11.8. The summed E-state index contributed by atoms with van der Waals surface area (Å²) < 4.78 is 50.6. The number of nitrogen functional groups attached to an aromatic ring is 1. The number of benzene rings is 2. The van der Waals surface area contributed by atoms with Gasteiger partial charge in [-0.15, -0.1) is 18.3 Å². The number of nitrogens with zero attached hydrogens (tertiary/aromatic N) is 5. The van der Waals surface area contributed by atoms with Gasteiger partial charge in [-0.2, -0.15) is 5.10 Å². The molecule has 0 bridgehead atoms. The van der Waals surface area contributed by atoms with Crippen molar-refractivity contribution in [2.45, 2.75) is 13.0 Å². The number of rotatable bonds is 5. The number of nitrogens with two attached hydrogens (primary N) is 1. The van der Waals surface area contributed by atoms with Gasteiger partial charge in [-0.1, -0.05) is 23.4 Å². The average Bonchev–Trinajstić information content (AvgIpc) is 3.38. The first-order valence-corrected chi connectivity index (χ1v) is 9.29. The molecule has 0 saturated heterocycles. The van der Waals surface area contributed by atoms with E-state index in [4.69, 9.17) is 10.5 Å². The summed E-state index contributed by atoms with van der Waals surface area (Å²) in [4.78, 5) is 4.01. The minimum Gasteiger partial charge on any atom is -0.486 e. The molecule has 0 spiro atoms. The Bertz CT molecular complexity index is 1400. The van der Waals surface area contributed by atoms with Gasteiger partial charge in [0.05, 0.1) is 11.2 Å². The Balaban J connectivity index is 1.49. The second kappa shape index (κ2) is 7.41. The van der Waals surface area contributed by atoms with Gasteiger partial charge in [0, 0.05) is 29.3 Å². The maximum absolute atomic E-state index is 13.1. The highest BCUT2D eigenvalue weighted by Gasteiger charge is 2.32. The van der Waals surface area contributed by atoms with Crippen molar-refractivity contribution < 1.29 is 22.6 Å². The lowest BCUT2D eigenvalue weighted by molar-refractivity contribution is -0.275. The van der Waals surface area contributed by atoms with Crippen LogP contribution in [0.1, 0.15) is 5.56 Å². The van der Waals surface area contributed by atoms with E-state index in [1.807, 2.05) is 24.3 Å². The highest BCUT2D eigenvalue weighted by atomic mass is 19.4. The molecular weight excluding hydrogens is 427 g/mol. The zero-order valence-electron chi connectivity index (χ0n) is 16.2. The van der Waals surface area contributed by atoms with E-state index in [0.717, 1.165) is 5.39 Å². The molecule has 0 radical (unpaired) electrons. The number of fused-ring (bicyclic) bond motifs is 2. The molecule has 3 heterocycles. The molecule has 0 fully saturated rings. The van der Waals surface area contributed by atoms with Gasteiger partial charge in [0.25, 0.3) is 0 Å². The van der Waals surface area contributed by atoms with Crippen LogP contribution in [0.2, 0.25) is 0 Å². The number of aromatic nitrogens is 6. The van der Waals surface area contributed by atoms with Gasteiger partial charge in [-0.3, -0.25) is 0 Å². The third-order valence-electron chi connectivity index (χ3n) is 4.62. The lowest BCUT2D eigenvalue weighted by Crippen LogP contribution is -2.18. The summed E-state index contributed by atoms with van der Waals surface area (Å²) >= 11 is 0. The zero-order chi connectivity index (χ0) is 22.3. The van der Waals surface area contributed by atoms with Crippen molar-refractivity contribution in [3.63, 3.8) is 0 Å². The molecule has 3 aromatic heterocycles. The maximum Gasteiger partial charge on any atom is 0.573 e. The van der Waals surface area contributed by atoms with Crippen LogP contribution >= 0.6 is 0 Å². The predicted octanol–water partition coefficient (Wildman–Crippen LogP) is 3.75. The lowest BCUT2D eigenvalue weighted by Gasteiger charge is -2.15. The smallest absolute Gasteiger partial charge is 0.486 e. The van der Waals surface area contributed by atoms with Crippen LogP contribution in [0.3, 0.4) is 0 Å². The number of alkyl halides is 3. The molecule has 0 aliphatic carbocycles. The van der Waals surface area contributed by atoms with Gasteiger partial charge < -0.3 is 15.2 Å². The minimum atomic E-state index is -4.89. The molecule has 5 aromatic rings. The predicted molar refractivity (Wildman–Crippen MR) is 108 cm³/mol. The fraction of sp³-hybridized carbons (Fsp3) is 0.100. The molecule has 3 N–H and O–H groups in total. The first kappa shape index (κ1) is 19.6. The van der Waals surface area contributed by atoms with Gasteiger partial charge >= 0.3 is 6.36 Å². The molecule has 9 nitrogen and oxygen atoms in total. The summed E-state index contributed by atoms with van der Waals surface area (Å²) in [6.45, 7) is -0.238. The Morgan fingerprint density at radius 3 is 2.72 bits per heavy atom. The molecule has 0 aliphatic rings. The van der Waals surface area contributed by atoms with Crippen molar-refractivity contribution in [3.05, 3.63) is 60.3 Å². The average molecular weight is 441 g/mol. The topological polar surface area (TPSA) is 117 Å². The monoisotopic (exact) mass is 441 g/mol. The first-order valence-electron chi connectivity index (χ1n) is 9.29. The third kappa shape index (κ3) is 3.85. The molecule has 32 heavy (non-hydrogen) atoms. The molecule has 0 amide bonds. The van der Waals surface area contributed by atoms with Gasteiger partial charge in [0.2, 0.25) is 0 Å². The van der Waals surface area contributed by atoms with E-state index in [0.29, 0.717) is 22.4 Å². The van der Waals surface area contributed by atoms with Gasteiger partial charge in [0.1, 0.15) is 18.2 Å². The Hall–Kier alpha value is -4.35. The number of pyridine rings is 1. The maximum atomic E-state index is 13.1. The molecule has 0 atom stereocenters. The Kier molecular flexibility index (Phi) is 4.54. The van der Waals surface area contributed by atoms with E-state index in [1.54, 1.807) is 12.3 Å². The van der Waals surface area contributed by atoms with Gasteiger partial charge in [-0.25, -0.2) is 14.8 Å². The molecular formula is C20H14F3N7O2. The minimum absolute atomic E-state index is 0.145. The van der Waals surface area contributed by atoms with Crippen LogP contribution in [0.5, 0.6) is 11.5 Å². The molecule has 162 valence electrons. The number of aromatic amines is 1.